The predicted octanol–water partition coefficient (Wildman–Crippen LogP) is 3.41. The molecule has 2 aromatic rings. The van der Waals surface area contributed by atoms with Crippen LogP contribution in [0.15, 0.2) is 30.6 Å². The van der Waals surface area contributed by atoms with Crippen molar-refractivity contribution in [1.82, 2.24) is 9.55 Å². The number of imidazole rings is 1. The van der Waals surface area contributed by atoms with Crippen LogP contribution in [0.1, 0.15) is 24.4 Å². The molecule has 0 aliphatic heterocycles. The lowest BCUT2D eigenvalue weighted by Crippen LogP contribution is -2.02. The summed E-state index contributed by atoms with van der Waals surface area (Å²) in [6, 6.07) is 5.30. The van der Waals surface area contributed by atoms with E-state index in [2.05, 4.69) is 14.9 Å². The summed E-state index contributed by atoms with van der Waals surface area (Å²) < 4.78 is 15.3. The van der Waals surface area contributed by atoms with Crippen LogP contribution in [-0.4, -0.2) is 9.55 Å². The molecule has 1 aliphatic rings. The predicted molar refractivity (Wildman–Crippen MR) is 64.9 cm³/mol. The number of hydrogen-bond acceptors (Lipinski definition) is 2. The zero-order valence-corrected chi connectivity index (χ0v) is 9.65. The van der Waals surface area contributed by atoms with Crippen LogP contribution in [0.3, 0.4) is 0 Å². The smallest absolute Gasteiger partial charge is 0.207 e. The fourth-order valence-electron chi connectivity index (χ4n) is 1.91. The van der Waals surface area contributed by atoms with Crippen molar-refractivity contribution in [1.29, 1.82) is 0 Å². The molecule has 17 heavy (non-hydrogen) atoms. The van der Waals surface area contributed by atoms with Gasteiger partial charge >= 0.3 is 0 Å². The third kappa shape index (κ3) is 2.02. The fraction of sp³-hybridized carbons (Fsp3) is 0.308. The largest absolute Gasteiger partial charge is 0.325 e. The van der Waals surface area contributed by atoms with Crippen molar-refractivity contribution < 1.29 is 4.39 Å². The third-order valence-corrected chi connectivity index (χ3v) is 3.06. The van der Waals surface area contributed by atoms with E-state index in [0.717, 1.165) is 17.2 Å². The highest BCUT2D eigenvalue weighted by Crippen LogP contribution is 2.37. The van der Waals surface area contributed by atoms with Crippen molar-refractivity contribution in [2.45, 2.75) is 25.8 Å². The van der Waals surface area contributed by atoms with E-state index < -0.39 is 0 Å². The van der Waals surface area contributed by atoms with E-state index in [9.17, 15) is 4.39 Å². The molecule has 0 spiro atoms. The minimum atomic E-state index is -0.234. The highest BCUT2D eigenvalue weighted by atomic mass is 19.1. The van der Waals surface area contributed by atoms with Crippen molar-refractivity contribution in [3.05, 3.63) is 42.0 Å². The second-order valence-corrected chi connectivity index (χ2v) is 4.47. The second-order valence-electron chi connectivity index (χ2n) is 4.47. The molecule has 0 radical (unpaired) electrons. The van der Waals surface area contributed by atoms with E-state index >= 15 is 0 Å². The molecule has 1 aromatic heterocycles. The first-order valence-corrected chi connectivity index (χ1v) is 5.80. The number of anilines is 2. The Bertz CT molecular complexity index is 543. The van der Waals surface area contributed by atoms with Crippen LogP contribution in [-0.2, 0) is 0 Å². The fourth-order valence-corrected chi connectivity index (χ4v) is 1.91. The Labute approximate surface area is 99.3 Å². The molecule has 88 valence electrons. The van der Waals surface area contributed by atoms with Gasteiger partial charge in [-0.2, -0.15) is 0 Å². The maximum atomic E-state index is 13.2. The zero-order valence-electron chi connectivity index (χ0n) is 9.65. The van der Waals surface area contributed by atoms with Crippen molar-refractivity contribution in [3.8, 4) is 0 Å². The number of halogens is 1. The lowest BCUT2D eigenvalue weighted by Gasteiger charge is -2.11. The van der Waals surface area contributed by atoms with Gasteiger partial charge in [0.15, 0.2) is 0 Å². The number of rotatable bonds is 3. The Balaban J connectivity index is 1.90. The summed E-state index contributed by atoms with van der Waals surface area (Å²) in [7, 11) is 0. The van der Waals surface area contributed by atoms with Gasteiger partial charge in [0.05, 0.1) is 0 Å². The van der Waals surface area contributed by atoms with E-state index in [1.165, 1.54) is 25.0 Å². The SMILES string of the molecule is Cc1ccc(F)cc1Nc1nccn1C1CC1. The van der Waals surface area contributed by atoms with Crippen LogP contribution in [0.25, 0.3) is 0 Å². The third-order valence-electron chi connectivity index (χ3n) is 3.06. The minimum Gasteiger partial charge on any atom is -0.325 e. The molecule has 1 saturated carbocycles. The molecule has 0 unspecified atom stereocenters. The first-order chi connectivity index (χ1) is 8.24. The monoisotopic (exact) mass is 231 g/mol. The quantitative estimate of drug-likeness (QED) is 0.877. The van der Waals surface area contributed by atoms with Gasteiger partial charge in [0.1, 0.15) is 5.82 Å². The summed E-state index contributed by atoms with van der Waals surface area (Å²) in [5.74, 6) is 0.559. The maximum absolute atomic E-state index is 13.2. The maximum Gasteiger partial charge on any atom is 0.207 e. The van der Waals surface area contributed by atoms with Gasteiger partial charge in [-0.25, -0.2) is 9.37 Å². The van der Waals surface area contributed by atoms with E-state index in [4.69, 9.17) is 0 Å². The van der Waals surface area contributed by atoms with Gasteiger partial charge in [-0.3, -0.25) is 0 Å². The molecule has 1 aromatic carbocycles. The summed E-state index contributed by atoms with van der Waals surface area (Å²) >= 11 is 0. The van der Waals surface area contributed by atoms with Crippen LogP contribution >= 0.6 is 0 Å². The van der Waals surface area contributed by atoms with Gasteiger partial charge in [0.2, 0.25) is 5.95 Å². The molecular formula is C13H14FN3. The number of benzene rings is 1. The molecule has 0 saturated heterocycles. The Kier molecular flexibility index (Phi) is 2.35. The standard InChI is InChI=1S/C13H14FN3/c1-9-2-3-10(14)8-12(9)16-13-15-6-7-17(13)11-4-5-11/h2-3,6-8,11H,4-5H2,1H3,(H,15,16). The van der Waals surface area contributed by atoms with Crippen LogP contribution in [0.4, 0.5) is 16.0 Å². The highest BCUT2D eigenvalue weighted by Gasteiger charge is 2.25. The molecule has 1 aliphatic carbocycles. The number of aromatic nitrogens is 2. The van der Waals surface area contributed by atoms with Gasteiger partial charge < -0.3 is 9.88 Å². The molecule has 1 heterocycles. The summed E-state index contributed by atoms with van der Waals surface area (Å²) in [4.78, 5) is 4.27. The van der Waals surface area contributed by atoms with Gasteiger partial charge in [-0.1, -0.05) is 6.07 Å². The topological polar surface area (TPSA) is 29.9 Å². The number of nitrogens with one attached hydrogen (secondary N) is 1. The van der Waals surface area contributed by atoms with Crippen molar-refractivity contribution >= 4 is 11.6 Å². The molecule has 0 atom stereocenters. The Morgan fingerprint density at radius 2 is 2.24 bits per heavy atom. The Morgan fingerprint density at radius 1 is 1.41 bits per heavy atom. The van der Waals surface area contributed by atoms with Crippen LogP contribution in [0, 0.1) is 12.7 Å². The number of nitrogens with zero attached hydrogens (tertiary/aromatic N) is 2. The average molecular weight is 231 g/mol. The lowest BCUT2D eigenvalue weighted by molar-refractivity contribution is 0.628. The van der Waals surface area contributed by atoms with Crippen molar-refractivity contribution in [3.63, 3.8) is 0 Å². The summed E-state index contributed by atoms with van der Waals surface area (Å²) in [5, 5.41) is 3.19. The lowest BCUT2D eigenvalue weighted by atomic mass is 10.2. The molecule has 1 N–H and O–H groups in total. The van der Waals surface area contributed by atoms with E-state index in [0.29, 0.717) is 6.04 Å². The van der Waals surface area contributed by atoms with Gasteiger partial charge in [-0.15, -0.1) is 0 Å². The first kappa shape index (κ1) is 10.3. The average Bonchev–Trinajstić information content (AvgIpc) is 3.05. The summed E-state index contributed by atoms with van der Waals surface area (Å²) in [6.45, 7) is 1.95. The molecule has 0 amide bonds. The van der Waals surface area contributed by atoms with E-state index in [-0.39, 0.29) is 5.82 Å². The van der Waals surface area contributed by atoms with E-state index in [1.54, 1.807) is 12.3 Å². The molecule has 3 nitrogen and oxygen atoms in total. The number of aryl methyl sites for hydroxylation is 1. The van der Waals surface area contributed by atoms with Crippen LogP contribution in [0.2, 0.25) is 0 Å². The molecule has 3 rings (SSSR count). The number of hydrogen-bond donors (Lipinski definition) is 1. The van der Waals surface area contributed by atoms with Crippen molar-refractivity contribution in [2.75, 3.05) is 5.32 Å². The van der Waals surface area contributed by atoms with Crippen LogP contribution < -0.4 is 5.32 Å². The first-order valence-electron chi connectivity index (χ1n) is 5.80. The molecule has 4 heteroatoms. The molecule has 1 fully saturated rings. The zero-order chi connectivity index (χ0) is 11.8. The van der Waals surface area contributed by atoms with Crippen LogP contribution in [0.5, 0.6) is 0 Å². The van der Waals surface area contributed by atoms with Gasteiger partial charge in [0, 0.05) is 24.1 Å². The molecule has 0 bridgehead atoms. The van der Waals surface area contributed by atoms with Gasteiger partial charge in [0.25, 0.3) is 0 Å². The van der Waals surface area contributed by atoms with Gasteiger partial charge in [-0.05, 0) is 37.5 Å². The summed E-state index contributed by atoms with van der Waals surface area (Å²) in [5.41, 5.74) is 1.79. The van der Waals surface area contributed by atoms with Crippen molar-refractivity contribution in [2.24, 2.45) is 0 Å². The summed E-state index contributed by atoms with van der Waals surface area (Å²) in [6.07, 6.45) is 6.14. The van der Waals surface area contributed by atoms with E-state index in [1.807, 2.05) is 13.1 Å². The molecular weight excluding hydrogens is 217 g/mol. The Morgan fingerprint density at radius 3 is 3.00 bits per heavy atom. The minimum absolute atomic E-state index is 0.234. The normalized spacial score (nSPS) is 14.9. The highest BCUT2D eigenvalue weighted by molar-refractivity contribution is 5.58. The Hall–Kier alpha value is -1.84. The second kappa shape index (κ2) is 3.87.